The topological polar surface area (TPSA) is 51.2 Å². The normalized spacial score (nSPS) is 19.8. The van der Waals surface area contributed by atoms with Gasteiger partial charge in [-0.1, -0.05) is 12.1 Å². The van der Waals surface area contributed by atoms with Crippen LogP contribution >= 0.6 is 11.3 Å². The van der Waals surface area contributed by atoms with Crippen LogP contribution in [0.15, 0.2) is 30.3 Å². The van der Waals surface area contributed by atoms with Gasteiger partial charge in [0.15, 0.2) is 17.3 Å². The van der Waals surface area contributed by atoms with Crippen LogP contribution < -0.4 is 0 Å². The van der Waals surface area contributed by atoms with E-state index in [0.717, 1.165) is 15.3 Å². The minimum Gasteiger partial charge on any atom is -0.298 e. The minimum absolute atomic E-state index is 0.318. The van der Waals surface area contributed by atoms with Crippen molar-refractivity contribution >= 4 is 28.7 Å². The maximum absolute atomic E-state index is 13.2. The molecule has 0 aliphatic heterocycles. The molecule has 0 atom stereocenters. The van der Waals surface area contributed by atoms with Crippen LogP contribution in [-0.2, 0) is 14.4 Å². The summed E-state index contributed by atoms with van der Waals surface area (Å²) in [7, 11) is 0. The van der Waals surface area contributed by atoms with E-state index in [1.165, 1.54) is 23.5 Å². The monoisotopic (exact) mass is 372 g/mol. The molecule has 0 amide bonds. The number of benzene rings is 1. The Morgan fingerprint density at radius 3 is 1.92 bits per heavy atom. The fourth-order valence-corrected chi connectivity index (χ4v) is 4.73. The number of ketones is 3. The van der Waals surface area contributed by atoms with E-state index in [-0.39, 0.29) is 23.2 Å². The maximum Gasteiger partial charge on any atom is 0.160 e. The van der Waals surface area contributed by atoms with Crippen LogP contribution in [0, 0.1) is 23.6 Å². The van der Waals surface area contributed by atoms with Crippen LogP contribution in [0.1, 0.15) is 44.1 Å². The van der Waals surface area contributed by atoms with Gasteiger partial charge in [0.2, 0.25) is 0 Å². The van der Waals surface area contributed by atoms with Crippen LogP contribution in [-0.4, -0.2) is 17.3 Å². The molecule has 1 aliphatic rings. The Hall–Kier alpha value is -2.14. The molecule has 3 nitrogen and oxygen atoms in total. The van der Waals surface area contributed by atoms with Gasteiger partial charge in [-0.05, 0) is 63.9 Å². The SMILES string of the molecule is Cc1sc(-c2ccc(F)cc2)cc1C1C(=O)C(C)(C)C(=O)C(C)(C)C1=O. The first-order valence-corrected chi connectivity index (χ1v) is 9.29. The fraction of sp³-hybridized carbons (Fsp3) is 0.381. The van der Waals surface area contributed by atoms with Crippen LogP contribution in [0.3, 0.4) is 0 Å². The number of hydrogen-bond acceptors (Lipinski definition) is 4. The largest absolute Gasteiger partial charge is 0.298 e. The Morgan fingerprint density at radius 2 is 1.42 bits per heavy atom. The average molecular weight is 372 g/mol. The van der Waals surface area contributed by atoms with Gasteiger partial charge in [-0.3, -0.25) is 14.4 Å². The number of Topliss-reactive ketones (excluding diaryl/α,β-unsaturated/α-hetero) is 3. The fourth-order valence-electron chi connectivity index (χ4n) is 3.67. The Labute approximate surface area is 156 Å². The lowest BCUT2D eigenvalue weighted by atomic mass is 9.57. The highest BCUT2D eigenvalue weighted by Gasteiger charge is 2.58. The van der Waals surface area contributed by atoms with E-state index in [2.05, 4.69) is 0 Å². The van der Waals surface area contributed by atoms with Crippen molar-refractivity contribution in [1.82, 2.24) is 0 Å². The van der Waals surface area contributed by atoms with Crippen molar-refractivity contribution in [1.29, 1.82) is 0 Å². The number of thiophene rings is 1. The Morgan fingerprint density at radius 1 is 0.923 bits per heavy atom. The summed E-state index contributed by atoms with van der Waals surface area (Å²) in [5.41, 5.74) is -0.923. The quantitative estimate of drug-likeness (QED) is 0.717. The van der Waals surface area contributed by atoms with Crippen molar-refractivity contribution in [3.05, 3.63) is 46.6 Å². The number of hydrogen-bond donors (Lipinski definition) is 0. The van der Waals surface area contributed by atoms with Gasteiger partial charge < -0.3 is 0 Å². The van der Waals surface area contributed by atoms with Gasteiger partial charge in [-0.15, -0.1) is 11.3 Å². The highest BCUT2D eigenvalue weighted by molar-refractivity contribution is 7.15. The van der Waals surface area contributed by atoms with Gasteiger partial charge >= 0.3 is 0 Å². The summed E-state index contributed by atoms with van der Waals surface area (Å²) >= 11 is 1.46. The summed E-state index contributed by atoms with van der Waals surface area (Å²) in [4.78, 5) is 40.4. The Kier molecular flexibility index (Phi) is 4.26. The highest BCUT2D eigenvalue weighted by atomic mass is 32.1. The number of carbonyl (C=O) groups excluding carboxylic acids is 3. The molecule has 26 heavy (non-hydrogen) atoms. The van der Waals surface area contributed by atoms with Gasteiger partial charge in [0.05, 0.1) is 10.8 Å². The second-order valence-corrected chi connectivity index (χ2v) is 9.13. The van der Waals surface area contributed by atoms with Crippen LogP contribution in [0.2, 0.25) is 0 Å². The maximum atomic E-state index is 13.2. The number of carbonyl (C=O) groups is 3. The molecule has 0 saturated heterocycles. The third kappa shape index (κ3) is 2.65. The van der Waals surface area contributed by atoms with Crippen molar-refractivity contribution in [2.75, 3.05) is 0 Å². The smallest absolute Gasteiger partial charge is 0.160 e. The van der Waals surface area contributed by atoms with E-state index in [9.17, 15) is 18.8 Å². The molecule has 0 unspecified atom stereocenters. The summed E-state index contributed by atoms with van der Waals surface area (Å²) in [5.74, 6) is -2.29. The van der Waals surface area contributed by atoms with Gasteiger partial charge in [0.25, 0.3) is 0 Å². The van der Waals surface area contributed by atoms with E-state index in [4.69, 9.17) is 0 Å². The van der Waals surface area contributed by atoms with Crippen LogP contribution in [0.25, 0.3) is 10.4 Å². The predicted octanol–water partition coefficient (Wildman–Crippen LogP) is 4.72. The second-order valence-electron chi connectivity index (χ2n) is 7.87. The van der Waals surface area contributed by atoms with Gasteiger partial charge in [-0.25, -0.2) is 4.39 Å². The van der Waals surface area contributed by atoms with E-state index >= 15 is 0 Å². The van der Waals surface area contributed by atoms with Crippen molar-refractivity contribution in [3.8, 4) is 10.4 Å². The molecular weight excluding hydrogens is 351 g/mol. The molecule has 5 heteroatoms. The van der Waals surface area contributed by atoms with Crippen molar-refractivity contribution in [2.45, 2.75) is 40.5 Å². The first-order chi connectivity index (χ1) is 12.0. The number of rotatable bonds is 2. The first-order valence-electron chi connectivity index (χ1n) is 8.47. The molecule has 2 aromatic rings. The van der Waals surface area contributed by atoms with Gasteiger partial charge in [0.1, 0.15) is 11.7 Å². The molecule has 0 spiro atoms. The van der Waals surface area contributed by atoms with Crippen molar-refractivity contribution in [3.63, 3.8) is 0 Å². The van der Waals surface area contributed by atoms with E-state index < -0.39 is 16.7 Å². The van der Waals surface area contributed by atoms with Crippen molar-refractivity contribution < 1.29 is 18.8 Å². The lowest BCUT2D eigenvalue weighted by Crippen LogP contribution is -2.56. The zero-order chi connectivity index (χ0) is 19.4. The number of aryl methyl sites for hydroxylation is 1. The summed E-state index contributed by atoms with van der Waals surface area (Å²) in [6.07, 6.45) is 0. The van der Waals surface area contributed by atoms with Crippen molar-refractivity contribution in [2.24, 2.45) is 10.8 Å². The third-order valence-electron chi connectivity index (χ3n) is 5.29. The standard InChI is InChI=1S/C21H21FO3S/c1-11-14(10-15(26-11)12-6-8-13(22)9-7-12)16-17(23)20(2,3)19(25)21(4,5)18(16)24/h6-10,16H,1-5H3. The van der Waals surface area contributed by atoms with E-state index in [0.29, 0.717) is 5.56 Å². The molecule has 1 saturated carbocycles. The molecule has 1 aliphatic carbocycles. The Bertz CT molecular complexity index is 889. The number of halogens is 1. The summed E-state index contributed by atoms with van der Waals surface area (Å²) < 4.78 is 13.2. The summed E-state index contributed by atoms with van der Waals surface area (Å²) in [6.45, 7) is 8.26. The molecule has 1 aromatic heterocycles. The molecule has 0 bridgehead atoms. The molecule has 0 radical (unpaired) electrons. The molecular formula is C21H21FO3S. The molecule has 1 aromatic carbocycles. The van der Waals surface area contributed by atoms with Crippen LogP contribution in [0.5, 0.6) is 0 Å². The highest BCUT2D eigenvalue weighted by Crippen LogP contribution is 2.47. The third-order valence-corrected chi connectivity index (χ3v) is 6.40. The molecule has 1 heterocycles. The van der Waals surface area contributed by atoms with Crippen LogP contribution in [0.4, 0.5) is 4.39 Å². The lowest BCUT2D eigenvalue weighted by molar-refractivity contribution is -0.157. The molecule has 0 N–H and O–H groups in total. The average Bonchev–Trinajstić information content (AvgIpc) is 2.95. The zero-order valence-corrected chi connectivity index (χ0v) is 16.3. The Balaban J connectivity index is 2.11. The van der Waals surface area contributed by atoms with Gasteiger partial charge in [-0.2, -0.15) is 0 Å². The minimum atomic E-state index is -1.20. The first kappa shape index (κ1) is 18.6. The molecule has 136 valence electrons. The van der Waals surface area contributed by atoms with Gasteiger partial charge in [0, 0.05) is 9.75 Å². The molecule has 3 rings (SSSR count). The predicted molar refractivity (Wildman–Crippen MR) is 99.8 cm³/mol. The lowest BCUT2D eigenvalue weighted by Gasteiger charge is -2.40. The second kappa shape index (κ2) is 5.95. The summed E-state index contributed by atoms with van der Waals surface area (Å²) in [5, 5.41) is 0. The van der Waals surface area contributed by atoms with E-state index in [1.807, 2.05) is 13.0 Å². The van der Waals surface area contributed by atoms with E-state index in [1.54, 1.807) is 39.8 Å². The molecule has 1 fully saturated rings. The summed E-state index contributed by atoms with van der Waals surface area (Å²) in [6, 6.07) is 7.94. The zero-order valence-electron chi connectivity index (χ0n) is 15.5.